The zero-order valence-corrected chi connectivity index (χ0v) is 8.74. The summed E-state index contributed by atoms with van der Waals surface area (Å²) >= 11 is 0. The summed E-state index contributed by atoms with van der Waals surface area (Å²) in [6.45, 7) is 0. The van der Waals surface area contributed by atoms with E-state index in [-0.39, 0.29) is 17.4 Å². The molecule has 0 radical (unpaired) electrons. The molecule has 84 valence electrons. The number of ketones is 1. The predicted octanol–water partition coefficient (Wildman–Crippen LogP) is 3.13. The molecule has 0 saturated carbocycles. The van der Waals surface area contributed by atoms with Crippen LogP contribution in [0.4, 0.5) is 4.39 Å². The van der Waals surface area contributed by atoms with E-state index in [1.165, 1.54) is 18.4 Å². The Balaban J connectivity index is 2.15. The van der Waals surface area contributed by atoms with Gasteiger partial charge in [-0.15, -0.1) is 0 Å². The lowest BCUT2D eigenvalue weighted by Gasteiger charge is -1.95. The molecule has 0 aliphatic heterocycles. The van der Waals surface area contributed by atoms with Crippen LogP contribution in [0.5, 0.6) is 0 Å². The van der Waals surface area contributed by atoms with E-state index in [0.717, 1.165) is 0 Å². The van der Waals surface area contributed by atoms with E-state index < -0.39 is 0 Å². The highest BCUT2D eigenvalue weighted by Gasteiger charge is 2.16. The lowest BCUT2D eigenvalue weighted by atomic mass is 10.1. The summed E-state index contributed by atoms with van der Waals surface area (Å²) in [5.74, 6) is -0.278. The van der Waals surface area contributed by atoms with Crippen LogP contribution >= 0.6 is 0 Å². The van der Waals surface area contributed by atoms with Gasteiger partial charge in [0.1, 0.15) is 5.82 Å². The average Bonchev–Trinajstić information content (AvgIpc) is 2.96. The summed E-state index contributed by atoms with van der Waals surface area (Å²) in [6.07, 6.45) is 3.01. The molecule has 3 aromatic rings. The SMILES string of the molecule is O=C(c1ccco1)c1c[nH]c2cc(F)ccc12. The quantitative estimate of drug-likeness (QED) is 0.686. The van der Waals surface area contributed by atoms with E-state index in [2.05, 4.69) is 4.98 Å². The molecule has 1 N–H and O–H groups in total. The van der Waals surface area contributed by atoms with E-state index in [1.807, 2.05) is 0 Å². The molecule has 0 aliphatic rings. The molecule has 0 fully saturated rings. The van der Waals surface area contributed by atoms with Crippen LogP contribution in [0.15, 0.2) is 47.2 Å². The van der Waals surface area contributed by atoms with E-state index >= 15 is 0 Å². The molecule has 3 nitrogen and oxygen atoms in total. The van der Waals surface area contributed by atoms with Gasteiger partial charge in [0, 0.05) is 17.1 Å². The van der Waals surface area contributed by atoms with Crippen molar-refractivity contribution in [2.75, 3.05) is 0 Å². The van der Waals surface area contributed by atoms with Gasteiger partial charge in [0.25, 0.3) is 0 Å². The number of benzene rings is 1. The minimum atomic E-state index is -0.337. The largest absolute Gasteiger partial charge is 0.461 e. The smallest absolute Gasteiger partial charge is 0.230 e. The van der Waals surface area contributed by atoms with Gasteiger partial charge in [-0.1, -0.05) is 0 Å². The monoisotopic (exact) mass is 229 g/mol. The Hall–Kier alpha value is -2.36. The third kappa shape index (κ3) is 1.54. The van der Waals surface area contributed by atoms with Crippen molar-refractivity contribution in [2.45, 2.75) is 0 Å². The second-order valence-electron chi connectivity index (χ2n) is 3.70. The number of fused-ring (bicyclic) bond motifs is 1. The van der Waals surface area contributed by atoms with Gasteiger partial charge in [0.05, 0.1) is 11.8 Å². The lowest BCUT2D eigenvalue weighted by Crippen LogP contribution is -1.97. The molecule has 0 unspecified atom stereocenters. The molecule has 17 heavy (non-hydrogen) atoms. The summed E-state index contributed by atoms with van der Waals surface area (Å²) in [7, 11) is 0. The maximum atomic E-state index is 13.0. The van der Waals surface area contributed by atoms with Gasteiger partial charge in [-0.3, -0.25) is 4.79 Å². The second kappa shape index (κ2) is 3.59. The molecule has 4 heteroatoms. The van der Waals surface area contributed by atoms with Gasteiger partial charge in [-0.2, -0.15) is 0 Å². The molecular formula is C13H8FNO2. The van der Waals surface area contributed by atoms with Crippen LogP contribution in [0.2, 0.25) is 0 Å². The molecule has 0 spiro atoms. The Morgan fingerprint density at radius 1 is 1.29 bits per heavy atom. The zero-order valence-electron chi connectivity index (χ0n) is 8.74. The summed E-state index contributed by atoms with van der Waals surface area (Å²) < 4.78 is 18.1. The van der Waals surface area contributed by atoms with Gasteiger partial charge in [-0.25, -0.2) is 4.39 Å². The molecule has 0 amide bonds. The fourth-order valence-corrected chi connectivity index (χ4v) is 1.83. The number of aromatic amines is 1. The van der Waals surface area contributed by atoms with Gasteiger partial charge in [0.15, 0.2) is 5.76 Å². The number of H-pyrrole nitrogens is 1. The average molecular weight is 229 g/mol. The first-order chi connectivity index (χ1) is 8.25. The molecule has 2 aromatic heterocycles. The van der Waals surface area contributed by atoms with Gasteiger partial charge in [-0.05, 0) is 30.3 Å². The van der Waals surface area contributed by atoms with Gasteiger partial charge >= 0.3 is 0 Å². The van der Waals surface area contributed by atoms with Crippen LogP contribution in [0.1, 0.15) is 16.1 Å². The Labute approximate surface area is 95.9 Å². The number of aromatic nitrogens is 1. The van der Waals surface area contributed by atoms with Crippen molar-refractivity contribution in [3.8, 4) is 0 Å². The van der Waals surface area contributed by atoms with Gasteiger partial charge < -0.3 is 9.40 Å². The highest BCUT2D eigenvalue weighted by atomic mass is 19.1. The Morgan fingerprint density at radius 3 is 2.94 bits per heavy atom. The van der Waals surface area contributed by atoms with Crippen LogP contribution in [0, 0.1) is 5.82 Å². The van der Waals surface area contributed by atoms with Crippen molar-refractivity contribution in [3.05, 3.63) is 59.9 Å². The Kier molecular flexibility index (Phi) is 2.08. The van der Waals surface area contributed by atoms with Crippen molar-refractivity contribution in [2.24, 2.45) is 0 Å². The highest BCUT2D eigenvalue weighted by Crippen LogP contribution is 2.22. The Morgan fingerprint density at radius 2 is 2.18 bits per heavy atom. The number of furan rings is 1. The summed E-state index contributed by atoms with van der Waals surface area (Å²) in [4.78, 5) is 14.9. The predicted molar refractivity (Wildman–Crippen MR) is 60.4 cm³/mol. The van der Waals surface area contributed by atoms with Crippen LogP contribution in [0.25, 0.3) is 10.9 Å². The minimum absolute atomic E-state index is 0.215. The first-order valence-corrected chi connectivity index (χ1v) is 5.10. The fourth-order valence-electron chi connectivity index (χ4n) is 1.83. The number of nitrogens with one attached hydrogen (secondary N) is 1. The third-order valence-electron chi connectivity index (χ3n) is 2.63. The number of carbonyl (C=O) groups excluding carboxylic acids is 1. The van der Waals surface area contributed by atoms with Crippen LogP contribution in [-0.2, 0) is 0 Å². The zero-order chi connectivity index (χ0) is 11.8. The van der Waals surface area contributed by atoms with Crippen molar-refractivity contribution in [1.29, 1.82) is 0 Å². The highest BCUT2D eigenvalue weighted by molar-refractivity contribution is 6.14. The molecule has 0 aliphatic carbocycles. The molecular weight excluding hydrogens is 221 g/mol. The van der Waals surface area contributed by atoms with Crippen molar-refractivity contribution < 1.29 is 13.6 Å². The molecule has 1 aromatic carbocycles. The number of hydrogen-bond acceptors (Lipinski definition) is 2. The standard InChI is InChI=1S/C13H8FNO2/c14-8-3-4-9-10(7-15-11(9)6-8)13(16)12-2-1-5-17-12/h1-7,15H. The first kappa shape index (κ1) is 9.84. The summed E-state index contributed by atoms with van der Waals surface area (Å²) in [5, 5.41) is 0.688. The van der Waals surface area contributed by atoms with E-state index in [0.29, 0.717) is 16.5 Å². The van der Waals surface area contributed by atoms with Crippen LogP contribution in [-0.4, -0.2) is 10.8 Å². The number of rotatable bonds is 2. The third-order valence-corrected chi connectivity index (χ3v) is 2.63. The van der Waals surface area contributed by atoms with Crippen molar-refractivity contribution >= 4 is 16.7 Å². The molecule has 0 saturated heterocycles. The first-order valence-electron chi connectivity index (χ1n) is 5.10. The van der Waals surface area contributed by atoms with Crippen molar-refractivity contribution in [3.63, 3.8) is 0 Å². The molecule has 0 atom stereocenters. The van der Waals surface area contributed by atoms with Crippen LogP contribution < -0.4 is 0 Å². The Bertz CT molecular complexity index is 683. The molecule has 3 rings (SSSR count). The molecule has 2 heterocycles. The second-order valence-corrected chi connectivity index (χ2v) is 3.70. The number of hydrogen-bond donors (Lipinski definition) is 1. The number of halogens is 1. The maximum Gasteiger partial charge on any atom is 0.230 e. The maximum absolute atomic E-state index is 13.0. The normalized spacial score (nSPS) is 10.9. The summed E-state index contributed by atoms with van der Waals surface area (Å²) in [5.41, 5.74) is 1.08. The summed E-state index contributed by atoms with van der Waals surface area (Å²) in [6, 6.07) is 7.52. The fraction of sp³-hybridized carbons (Fsp3) is 0. The van der Waals surface area contributed by atoms with E-state index in [1.54, 1.807) is 24.4 Å². The molecule has 0 bridgehead atoms. The van der Waals surface area contributed by atoms with E-state index in [9.17, 15) is 9.18 Å². The van der Waals surface area contributed by atoms with Crippen LogP contribution in [0.3, 0.4) is 0 Å². The van der Waals surface area contributed by atoms with Crippen molar-refractivity contribution in [1.82, 2.24) is 4.98 Å². The lowest BCUT2D eigenvalue weighted by molar-refractivity contribution is 0.101. The van der Waals surface area contributed by atoms with E-state index in [4.69, 9.17) is 4.42 Å². The topological polar surface area (TPSA) is 46.0 Å². The van der Waals surface area contributed by atoms with Gasteiger partial charge in [0.2, 0.25) is 5.78 Å². The minimum Gasteiger partial charge on any atom is -0.461 e. The number of carbonyl (C=O) groups is 1.